The molecular formula is C44H87N13O18. The van der Waals surface area contributed by atoms with Crippen LogP contribution in [0.2, 0.25) is 0 Å². The summed E-state index contributed by atoms with van der Waals surface area (Å²) in [6.45, 7) is 4.27. The molecule has 31 nitrogen and oxygen atoms in total. The van der Waals surface area contributed by atoms with Crippen molar-refractivity contribution in [3.05, 3.63) is 0 Å². The Kier molecular flexibility index (Phi) is 21.6. The van der Waals surface area contributed by atoms with Gasteiger partial charge in [-0.25, -0.2) is 9.98 Å². The second kappa shape index (κ2) is 26.2. The van der Waals surface area contributed by atoms with Gasteiger partial charge in [-0.05, 0) is 61.2 Å². The molecule has 75 heavy (non-hydrogen) atoms. The van der Waals surface area contributed by atoms with E-state index in [9.17, 15) is 51.1 Å². The van der Waals surface area contributed by atoms with Gasteiger partial charge in [-0.3, -0.25) is 0 Å². The van der Waals surface area contributed by atoms with Crippen LogP contribution < -0.4 is 61.0 Å². The van der Waals surface area contributed by atoms with Gasteiger partial charge in [0.15, 0.2) is 37.1 Å². The summed E-state index contributed by atoms with van der Waals surface area (Å²) < 4.78 is 49.7. The lowest BCUT2D eigenvalue weighted by atomic mass is 9.81. The summed E-state index contributed by atoms with van der Waals surface area (Å²) in [5, 5.41) is 128. The topological polar surface area (TPSA) is 517 Å². The molecule has 0 aromatic rings. The van der Waals surface area contributed by atoms with Gasteiger partial charge in [0.25, 0.3) is 0 Å². The minimum atomic E-state index is -2.04. The van der Waals surface area contributed by atoms with Gasteiger partial charge < -0.3 is 150 Å². The molecule has 12 unspecified atom stereocenters. The van der Waals surface area contributed by atoms with Crippen molar-refractivity contribution in [3.8, 4) is 0 Å². The summed E-state index contributed by atoms with van der Waals surface area (Å²) in [4.78, 5) is 7.91. The Balaban J connectivity index is 1.18. The van der Waals surface area contributed by atoms with Crippen molar-refractivity contribution in [2.75, 3.05) is 54.0 Å². The van der Waals surface area contributed by atoms with Gasteiger partial charge in [-0.1, -0.05) is 0 Å². The smallest absolute Gasteiger partial charge is 0.187 e. The molecule has 0 aromatic heterocycles. The van der Waals surface area contributed by atoms with E-state index in [0.29, 0.717) is 12.8 Å². The van der Waals surface area contributed by atoms with E-state index in [1.807, 2.05) is 6.92 Å². The largest absolute Gasteiger partial charge is 0.394 e. The number of hydrogen-bond acceptors (Lipinski definition) is 27. The summed E-state index contributed by atoms with van der Waals surface area (Å²) in [7, 11) is 4.85. The molecule has 6 rings (SSSR count). The van der Waals surface area contributed by atoms with Gasteiger partial charge in [0.1, 0.15) is 96.5 Å². The fourth-order valence-electron chi connectivity index (χ4n) is 11.0. The number of likely N-dealkylation sites (N-methyl/N-ethyl adjacent to an activating group) is 3. The molecule has 4 heterocycles. The number of nitrogens with zero attached hydrogens (tertiary/aromatic N) is 2. The van der Waals surface area contributed by atoms with Gasteiger partial charge >= 0.3 is 0 Å². The van der Waals surface area contributed by atoms with Crippen molar-refractivity contribution < 1.29 is 89.0 Å². The van der Waals surface area contributed by atoms with Gasteiger partial charge in [0.05, 0.1) is 43.5 Å². The lowest BCUT2D eigenvalue weighted by Crippen LogP contribution is -2.68. The van der Waals surface area contributed by atoms with E-state index in [2.05, 4.69) is 36.6 Å². The van der Waals surface area contributed by atoms with Crippen LogP contribution in [0.3, 0.4) is 0 Å². The molecule has 28 atom stereocenters. The third kappa shape index (κ3) is 13.6. The van der Waals surface area contributed by atoms with E-state index in [0.717, 1.165) is 0 Å². The third-order valence-corrected chi connectivity index (χ3v) is 15.6. The minimum absolute atomic E-state index is 0.0874. The second-order valence-electron chi connectivity index (χ2n) is 20.9. The number of rotatable bonds is 21. The summed E-state index contributed by atoms with van der Waals surface area (Å²) in [5.74, 6) is -1.05. The number of guanidine groups is 2. The quantitative estimate of drug-likeness (QED) is 0.0288. The fraction of sp³-hybridized carbons (Fsp3) is 0.955. The Morgan fingerprint density at radius 3 is 1.92 bits per heavy atom. The highest BCUT2D eigenvalue weighted by molar-refractivity contribution is 5.76. The van der Waals surface area contributed by atoms with Crippen molar-refractivity contribution in [2.45, 2.75) is 210 Å². The zero-order chi connectivity index (χ0) is 55.4. The Hall–Kier alpha value is -2.46. The molecule has 27 N–H and O–H groups in total. The molecule has 31 heteroatoms. The molecule has 436 valence electrons. The number of aliphatic hydroxyl groups is 10. The van der Waals surface area contributed by atoms with Crippen molar-refractivity contribution in [1.82, 2.24) is 26.6 Å². The molecule has 0 radical (unpaired) electrons. The van der Waals surface area contributed by atoms with Crippen molar-refractivity contribution >= 4 is 11.9 Å². The van der Waals surface area contributed by atoms with Crippen LogP contribution >= 0.6 is 0 Å². The number of ether oxygens (including phenoxy) is 8. The molecular weight excluding hydrogens is 999 g/mol. The molecule has 2 aliphatic carbocycles. The maximum absolute atomic E-state index is 12.6. The highest BCUT2D eigenvalue weighted by Crippen LogP contribution is 2.40. The van der Waals surface area contributed by atoms with Crippen LogP contribution in [-0.2, 0) is 37.9 Å². The summed E-state index contributed by atoms with van der Waals surface area (Å²) in [6.07, 6.45) is -23.4. The SMILES string of the molecule is CNC(C)[C@@H]1CCC(NCCNC[C@@]2(O)C(O[C@@H]3OC(CO)[C@H](O)[C@H](O)C3NC)[C@H](O[C@@H]3C(O)[C@H](O)C(N=C(N)N)C(O)[C@@H]3N=C(N)N)O[C@@H]2C)C(OC2[C@H](O)C(OC3OC[C@](C)(O)[C@H](NC)[C@H]3O)[C@H](N)C[C@@H]2N)O1. The Morgan fingerprint density at radius 2 is 1.32 bits per heavy atom. The Morgan fingerprint density at radius 1 is 0.693 bits per heavy atom. The lowest BCUT2D eigenvalue weighted by Gasteiger charge is -2.48. The standard InChI is InChI=1S/C44H87N13O18/c1-15(51-4)20-8-7-19(37(70-20)72-32-17(45)11-18(46)33(30(32)64)73-39-31(65)35(53-6)43(3,66)14-68-39)55-10-9-54-13-44(67)16(2)69-40(36(44)75-38-24(52-5)28(62)25(59)21(12-58)71-38)74-34-23(57-42(49)50)26(60)22(56-41(47)48)27(61)29(34)63/h15-40,51-55,58-67H,7-14,45-46H2,1-6H3,(H4,47,48,56)(H4,49,50,57)/t15?,16-,17+,18-,19?,20+,21?,22?,23+,24?,25+,26?,27-,28-,29?,30+,31-,32?,33?,34+,35-,36?,37?,38+,39?,40+,43+,44+/m1/s1. The normalized spacial score (nSPS) is 48.0. The number of nitrogens with two attached hydrogens (primary N) is 6. The first-order chi connectivity index (χ1) is 35.3. The first kappa shape index (κ1) is 61.7. The molecule has 0 amide bonds. The van der Waals surface area contributed by atoms with Crippen LogP contribution in [0.5, 0.6) is 0 Å². The zero-order valence-corrected chi connectivity index (χ0v) is 43.3. The van der Waals surface area contributed by atoms with Crippen molar-refractivity contribution in [1.29, 1.82) is 0 Å². The zero-order valence-electron chi connectivity index (χ0n) is 43.3. The number of nitrogens with one attached hydrogen (secondary N) is 5. The Bertz CT molecular complexity index is 1850. The van der Waals surface area contributed by atoms with Crippen LogP contribution in [0.4, 0.5) is 0 Å². The third-order valence-electron chi connectivity index (χ3n) is 15.6. The maximum Gasteiger partial charge on any atom is 0.187 e. The second-order valence-corrected chi connectivity index (χ2v) is 20.9. The molecule has 0 spiro atoms. The molecule has 6 fully saturated rings. The highest BCUT2D eigenvalue weighted by atomic mass is 16.8. The first-order valence-corrected chi connectivity index (χ1v) is 25.5. The van der Waals surface area contributed by atoms with Crippen molar-refractivity contribution in [3.63, 3.8) is 0 Å². The molecule has 2 saturated carbocycles. The van der Waals surface area contributed by atoms with Crippen LogP contribution in [0.15, 0.2) is 9.98 Å². The summed E-state index contributed by atoms with van der Waals surface area (Å²) in [5.41, 5.74) is 32.2. The van der Waals surface area contributed by atoms with E-state index in [1.165, 1.54) is 20.9 Å². The predicted molar refractivity (Wildman–Crippen MR) is 263 cm³/mol. The van der Waals surface area contributed by atoms with E-state index < -0.39 is 177 Å². The lowest BCUT2D eigenvalue weighted by molar-refractivity contribution is -0.316. The molecule has 6 aliphatic rings. The molecule has 4 saturated heterocycles. The van der Waals surface area contributed by atoms with Crippen LogP contribution in [0.1, 0.15) is 40.0 Å². The Labute approximate surface area is 435 Å². The van der Waals surface area contributed by atoms with Crippen LogP contribution in [0.25, 0.3) is 0 Å². The van der Waals surface area contributed by atoms with Crippen LogP contribution in [-0.4, -0.2) is 287 Å². The highest BCUT2D eigenvalue weighted by Gasteiger charge is 2.61. The minimum Gasteiger partial charge on any atom is -0.394 e. The maximum atomic E-state index is 12.6. The van der Waals surface area contributed by atoms with E-state index in [1.54, 1.807) is 14.1 Å². The summed E-state index contributed by atoms with van der Waals surface area (Å²) >= 11 is 0. The average Bonchev–Trinajstić information content (AvgIpc) is 3.58. The monoisotopic (exact) mass is 1090 g/mol. The number of aliphatic hydroxyl groups excluding tert-OH is 8. The molecule has 4 aliphatic heterocycles. The fourth-order valence-corrected chi connectivity index (χ4v) is 11.0. The van der Waals surface area contributed by atoms with Crippen LogP contribution in [0, 0.1) is 0 Å². The van der Waals surface area contributed by atoms with E-state index >= 15 is 0 Å². The van der Waals surface area contributed by atoms with Gasteiger partial charge in [0, 0.05) is 37.8 Å². The van der Waals surface area contributed by atoms with Gasteiger partial charge in [0.2, 0.25) is 0 Å². The van der Waals surface area contributed by atoms with Gasteiger partial charge in [-0.15, -0.1) is 0 Å². The number of hydrogen-bond donors (Lipinski definition) is 21. The van der Waals surface area contributed by atoms with E-state index in [-0.39, 0.29) is 44.8 Å². The van der Waals surface area contributed by atoms with Gasteiger partial charge in [-0.2, -0.15) is 0 Å². The molecule has 0 aromatic carbocycles. The summed E-state index contributed by atoms with van der Waals surface area (Å²) in [6, 6.07) is -7.08. The molecule has 0 bridgehead atoms. The average molecular weight is 1090 g/mol. The first-order valence-electron chi connectivity index (χ1n) is 25.5. The number of aliphatic imine (C=N–C) groups is 2. The van der Waals surface area contributed by atoms with E-state index in [4.69, 9.17) is 72.3 Å². The van der Waals surface area contributed by atoms with Crippen molar-refractivity contribution in [2.24, 2.45) is 44.4 Å². The predicted octanol–water partition coefficient (Wildman–Crippen LogP) is -11.5.